The van der Waals surface area contributed by atoms with Gasteiger partial charge < -0.3 is 0 Å². The predicted molar refractivity (Wildman–Crippen MR) is 71.4 cm³/mol. The molecule has 0 amide bonds. The van der Waals surface area contributed by atoms with Crippen LogP contribution in [0.15, 0.2) is 39.2 Å². The summed E-state index contributed by atoms with van der Waals surface area (Å²) in [7, 11) is 0. The molecule has 0 nitrogen and oxygen atoms in total. The van der Waals surface area contributed by atoms with Crippen molar-refractivity contribution in [3.63, 3.8) is 0 Å². The Hall–Kier alpha value is -0.405. The summed E-state index contributed by atoms with van der Waals surface area (Å²) in [6.45, 7) is 2.21. The summed E-state index contributed by atoms with van der Waals surface area (Å²) in [5.74, 6) is 0. The number of hydrogen-bond acceptors (Lipinski definition) is 0. The van der Waals surface area contributed by atoms with Gasteiger partial charge in [0, 0.05) is 0 Å². The Labute approximate surface area is 106 Å². The van der Waals surface area contributed by atoms with Crippen molar-refractivity contribution in [1.29, 1.82) is 0 Å². The molecule has 0 spiro atoms. The van der Waals surface area contributed by atoms with Gasteiger partial charge in [0.25, 0.3) is 0 Å². The SMILES string of the molecule is Brc1bc2c(cc1Br)-c1ccccc1C2. The summed E-state index contributed by atoms with van der Waals surface area (Å²) < 4.78 is 2.26. The van der Waals surface area contributed by atoms with Gasteiger partial charge in [-0.3, -0.25) is 0 Å². The monoisotopic (exact) mass is 320 g/mol. The van der Waals surface area contributed by atoms with E-state index in [1.807, 2.05) is 0 Å². The van der Waals surface area contributed by atoms with Crippen LogP contribution in [0, 0.1) is 0 Å². The molecule has 2 aromatic rings. The summed E-state index contributed by atoms with van der Waals surface area (Å²) in [6, 6.07) is 10.8. The molecule has 15 heavy (non-hydrogen) atoms. The van der Waals surface area contributed by atoms with Gasteiger partial charge in [0.2, 0.25) is 0 Å². The first-order chi connectivity index (χ1) is 7.25. The third kappa shape index (κ3) is 1.53. The third-order valence-corrected chi connectivity index (χ3v) is 4.68. The second-order valence-electron chi connectivity index (χ2n) is 3.76. The topological polar surface area (TPSA) is 0 Å². The Morgan fingerprint density at radius 1 is 1.07 bits per heavy atom. The number of halogens is 2. The Bertz CT molecular complexity index is 549. The van der Waals surface area contributed by atoms with Gasteiger partial charge in [0.05, 0.1) is 0 Å². The van der Waals surface area contributed by atoms with Crippen molar-refractivity contribution in [2.45, 2.75) is 6.42 Å². The molecule has 0 atom stereocenters. The van der Waals surface area contributed by atoms with E-state index < -0.39 is 0 Å². The fraction of sp³-hybridized carbons (Fsp3) is 0.0833. The molecule has 1 aliphatic rings. The molecule has 0 bridgehead atoms. The number of hydrogen-bond donors (Lipinski definition) is 0. The van der Waals surface area contributed by atoms with Crippen LogP contribution in [0.25, 0.3) is 11.1 Å². The number of rotatable bonds is 0. The van der Waals surface area contributed by atoms with E-state index in [2.05, 4.69) is 69.1 Å². The molecule has 0 N–H and O–H groups in total. The van der Waals surface area contributed by atoms with Gasteiger partial charge in [0.15, 0.2) is 0 Å². The Balaban J connectivity index is 2.29. The summed E-state index contributed by atoms with van der Waals surface area (Å²) in [6.07, 6.45) is 1.05. The van der Waals surface area contributed by atoms with E-state index >= 15 is 0 Å². The van der Waals surface area contributed by atoms with E-state index in [0.29, 0.717) is 0 Å². The van der Waals surface area contributed by atoms with Gasteiger partial charge in [-0.05, 0) is 0 Å². The van der Waals surface area contributed by atoms with Crippen LogP contribution in [-0.2, 0) is 6.42 Å². The van der Waals surface area contributed by atoms with Crippen LogP contribution in [0.5, 0.6) is 0 Å². The minimum absolute atomic E-state index is 1.05. The van der Waals surface area contributed by atoms with Crippen LogP contribution in [-0.4, -0.2) is 6.91 Å². The summed E-state index contributed by atoms with van der Waals surface area (Å²) in [4.78, 5) is 0. The molecule has 0 saturated carbocycles. The fourth-order valence-electron chi connectivity index (χ4n) is 2.13. The van der Waals surface area contributed by atoms with E-state index in [0.717, 1.165) is 15.3 Å². The van der Waals surface area contributed by atoms with E-state index in [1.165, 1.54) is 22.1 Å². The molecule has 0 aliphatic heterocycles. The van der Waals surface area contributed by atoms with E-state index in [1.54, 1.807) is 0 Å². The molecule has 0 fully saturated rings. The maximum absolute atomic E-state index is 3.55. The van der Waals surface area contributed by atoms with Crippen molar-refractivity contribution >= 4 is 38.8 Å². The summed E-state index contributed by atoms with van der Waals surface area (Å²) in [5.41, 5.74) is 5.57. The Morgan fingerprint density at radius 2 is 1.87 bits per heavy atom. The van der Waals surface area contributed by atoms with Crippen molar-refractivity contribution in [2.24, 2.45) is 0 Å². The van der Waals surface area contributed by atoms with Crippen LogP contribution < -0.4 is 0 Å². The van der Waals surface area contributed by atoms with Gasteiger partial charge in [0.1, 0.15) is 0 Å². The van der Waals surface area contributed by atoms with Gasteiger partial charge in [-0.15, -0.1) is 0 Å². The first kappa shape index (κ1) is 9.80. The van der Waals surface area contributed by atoms with Gasteiger partial charge in [-0.2, -0.15) is 0 Å². The fourth-order valence-corrected chi connectivity index (χ4v) is 2.86. The molecule has 3 heteroatoms. The second kappa shape index (κ2) is 3.57. The Kier molecular flexibility index (Phi) is 2.33. The third-order valence-electron chi connectivity index (χ3n) is 2.83. The van der Waals surface area contributed by atoms with Crippen LogP contribution in [0.3, 0.4) is 0 Å². The molecule has 3 rings (SSSR count). The number of fused-ring (bicyclic) bond motifs is 3. The van der Waals surface area contributed by atoms with E-state index in [-0.39, 0.29) is 0 Å². The van der Waals surface area contributed by atoms with Crippen molar-refractivity contribution < 1.29 is 0 Å². The van der Waals surface area contributed by atoms with E-state index in [9.17, 15) is 0 Å². The molecule has 1 aromatic carbocycles. The predicted octanol–water partition coefficient (Wildman–Crippen LogP) is 4.12. The molecular formula is C12H7BBr2. The molecule has 72 valence electrons. The average molecular weight is 322 g/mol. The standard InChI is InChI=1S/C12H7BBr2/c14-11-6-9-8-4-2-1-3-7(8)5-10(9)13-12(11)15/h1-4,6H,5H2. The molecule has 0 saturated heterocycles. The average Bonchev–Trinajstić information content (AvgIpc) is 2.57. The van der Waals surface area contributed by atoms with Gasteiger partial charge >= 0.3 is 107 Å². The zero-order valence-electron chi connectivity index (χ0n) is 7.93. The molecule has 1 heterocycles. The molecule has 0 radical (unpaired) electrons. The zero-order chi connectivity index (χ0) is 10.4. The Morgan fingerprint density at radius 3 is 2.73 bits per heavy atom. The molecule has 0 unspecified atom stereocenters. The van der Waals surface area contributed by atoms with Gasteiger partial charge in [-0.1, -0.05) is 0 Å². The first-order valence-electron chi connectivity index (χ1n) is 4.82. The summed E-state index contributed by atoms with van der Waals surface area (Å²) >= 11 is 7.10. The molecular weight excluding hydrogens is 315 g/mol. The zero-order valence-corrected chi connectivity index (χ0v) is 11.1. The van der Waals surface area contributed by atoms with Crippen LogP contribution >= 0.6 is 31.9 Å². The minimum atomic E-state index is 1.05. The van der Waals surface area contributed by atoms with Crippen LogP contribution in [0.1, 0.15) is 11.0 Å². The summed E-state index contributed by atoms with van der Waals surface area (Å²) in [5, 5.41) is 0. The van der Waals surface area contributed by atoms with Crippen LogP contribution in [0.4, 0.5) is 0 Å². The second-order valence-corrected chi connectivity index (χ2v) is 5.47. The maximum atomic E-state index is 3.55. The van der Waals surface area contributed by atoms with E-state index in [4.69, 9.17) is 0 Å². The molecule has 1 aromatic heterocycles. The van der Waals surface area contributed by atoms with Crippen molar-refractivity contribution in [1.82, 2.24) is 0 Å². The molecule has 1 aliphatic carbocycles. The van der Waals surface area contributed by atoms with Crippen molar-refractivity contribution in [3.05, 3.63) is 50.2 Å². The van der Waals surface area contributed by atoms with Crippen molar-refractivity contribution in [3.8, 4) is 11.1 Å². The quantitative estimate of drug-likeness (QED) is 0.584. The number of benzene rings is 1. The normalized spacial score (nSPS) is 12.1. The van der Waals surface area contributed by atoms with Crippen molar-refractivity contribution in [2.75, 3.05) is 0 Å². The van der Waals surface area contributed by atoms with Gasteiger partial charge in [-0.25, -0.2) is 0 Å². The van der Waals surface area contributed by atoms with Crippen LogP contribution in [0.2, 0.25) is 0 Å². The first-order valence-corrected chi connectivity index (χ1v) is 6.40.